The van der Waals surface area contributed by atoms with Crippen LogP contribution >= 0.6 is 11.3 Å². The van der Waals surface area contributed by atoms with Crippen molar-refractivity contribution < 1.29 is 4.79 Å². The molecular weight excluding hydrogens is 210 g/mol. The zero-order chi connectivity index (χ0) is 10.7. The van der Waals surface area contributed by atoms with Crippen molar-refractivity contribution in [2.75, 3.05) is 18.9 Å². The van der Waals surface area contributed by atoms with E-state index in [9.17, 15) is 4.79 Å². The summed E-state index contributed by atoms with van der Waals surface area (Å²) in [6.45, 7) is 0.701. The van der Waals surface area contributed by atoms with E-state index in [1.807, 2.05) is 12.4 Å². The van der Waals surface area contributed by atoms with Crippen LogP contribution in [0.1, 0.15) is 30.9 Å². The molecule has 4 nitrogen and oxygen atoms in total. The van der Waals surface area contributed by atoms with E-state index in [2.05, 4.69) is 15.6 Å². The monoisotopic (exact) mass is 225 g/mol. The zero-order valence-electron chi connectivity index (χ0n) is 8.75. The minimum Gasteiger partial charge on any atom is -0.319 e. The van der Waals surface area contributed by atoms with Crippen molar-refractivity contribution in [3.05, 3.63) is 11.1 Å². The fourth-order valence-corrected chi connectivity index (χ4v) is 2.14. The number of nitrogens with zero attached hydrogens (tertiary/aromatic N) is 1. The van der Waals surface area contributed by atoms with Gasteiger partial charge in [0.05, 0.1) is 5.69 Å². The minimum atomic E-state index is 0.0287. The van der Waals surface area contributed by atoms with Crippen molar-refractivity contribution in [3.63, 3.8) is 0 Å². The Hall–Kier alpha value is -0.940. The molecule has 0 saturated heterocycles. The van der Waals surface area contributed by atoms with Crippen molar-refractivity contribution in [2.45, 2.75) is 25.2 Å². The lowest BCUT2D eigenvalue weighted by Gasteiger charge is -2.00. The summed E-state index contributed by atoms with van der Waals surface area (Å²) in [4.78, 5) is 15.8. The second kappa shape index (κ2) is 4.72. The lowest BCUT2D eigenvalue weighted by atomic mass is 10.3. The van der Waals surface area contributed by atoms with Gasteiger partial charge in [-0.25, -0.2) is 4.98 Å². The van der Waals surface area contributed by atoms with Crippen LogP contribution in [-0.2, 0) is 4.79 Å². The number of rotatable bonds is 5. The summed E-state index contributed by atoms with van der Waals surface area (Å²) in [5, 5.41) is 8.53. The van der Waals surface area contributed by atoms with Gasteiger partial charge in [0.1, 0.15) is 0 Å². The van der Waals surface area contributed by atoms with Crippen molar-refractivity contribution in [1.82, 2.24) is 10.3 Å². The highest BCUT2D eigenvalue weighted by Crippen LogP contribution is 2.40. The summed E-state index contributed by atoms with van der Waals surface area (Å²) < 4.78 is 0. The minimum absolute atomic E-state index is 0.0287. The summed E-state index contributed by atoms with van der Waals surface area (Å²) in [6, 6.07) is 0. The van der Waals surface area contributed by atoms with Gasteiger partial charge in [0.2, 0.25) is 5.91 Å². The number of hydrogen-bond acceptors (Lipinski definition) is 4. The van der Waals surface area contributed by atoms with E-state index in [4.69, 9.17) is 0 Å². The quantitative estimate of drug-likeness (QED) is 0.799. The third kappa shape index (κ3) is 3.00. The summed E-state index contributed by atoms with van der Waals surface area (Å²) in [5.41, 5.74) is 1.14. The normalized spacial score (nSPS) is 15.3. The number of aromatic nitrogens is 1. The van der Waals surface area contributed by atoms with Gasteiger partial charge in [0, 0.05) is 24.3 Å². The van der Waals surface area contributed by atoms with E-state index in [1.54, 1.807) is 0 Å². The number of thiazole rings is 1. The van der Waals surface area contributed by atoms with Crippen LogP contribution in [0.15, 0.2) is 5.38 Å². The third-order valence-electron chi connectivity index (χ3n) is 2.37. The summed E-state index contributed by atoms with van der Waals surface area (Å²) in [5.74, 6) is 0.685. The van der Waals surface area contributed by atoms with Crippen molar-refractivity contribution in [3.8, 4) is 0 Å². The standard InChI is InChI=1S/C10H15N3OS/c1-11-5-4-9(14)13-10-12-8(6-15-10)7-2-3-7/h6-7,11H,2-5H2,1H3,(H,12,13,14). The third-order valence-corrected chi connectivity index (χ3v) is 3.14. The number of carbonyl (C=O) groups excluding carboxylic acids is 1. The van der Waals surface area contributed by atoms with Crippen LogP contribution in [0.2, 0.25) is 0 Å². The van der Waals surface area contributed by atoms with E-state index in [0.717, 1.165) is 10.8 Å². The molecule has 1 amide bonds. The Labute approximate surface area is 93.1 Å². The summed E-state index contributed by atoms with van der Waals surface area (Å²) in [7, 11) is 1.84. The lowest BCUT2D eigenvalue weighted by molar-refractivity contribution is -0.116. The Bertz CT molecular complexity index is 346. The smallest absolute Gasteiger partial charge is 0.227 e. The average molecular weight is 225 g/mol. The molecule has 1 aliphatic rings. The summed E-state index contributed by atoms with van der Waals surface area (Å²) >= 11 is 1.52. The van der Waals surface area contributed by atoms with Gasteiger partial charge in [0.25, 0.3) is 0 Å². The van der Waals surface area contributed by atoms with Crippen molar-refractivity contribution in [2.24, 2.45) is 0 Å². The first-order valence-electron chi connectivity index (χ1n) is 5.19. The molecule has 5 heteroatoms. The number of hydrogen-bond donors (Lipinski definition) is 2. The zero-order valence-corrected chi connectivity index (χ0v) is 9.56. The SMILES string of the molecule is CNCCC(=O)Nc1nc(C2CC2)cs1. The molecule has 1 fully saturated rings. The first-order valence-corrected chi connectivity index (χ1v) is 6.07. The molecule has 1 aliphatic carbocycles. The Kier molecular flexibility index (Phi) is 3.33. The fourth-order valence-electron chi connectivity index (χ4n) is 1.33. The van der Waals surface area contributed by atoms with Crippen LogP contribution in [0.5, 0.6) is 0 Å². The van der Waals surface area contributed by atoms with Gasteiger partial charge >= 0.3 is 0 Å². The molecule has 0 aliphatic heterocycles. The first kappa shape index (κ1) is 10.6. The van der Waals surface area contributed by atoms with Gasteiger partial charge < -0.3 is 10.6 Å². The van der Waals surface area contributed by atoms with E-state index < -0.39 is 0 Å². The van der Waals surface area contributed by atoms with Crippen LogP contribution in [0, 0.1) is 0 Å². The Morgan fingerprint density at radius 3 is 3.13 bits per heavy atom. The predicted molar refractivity (Wildman–Crippen MR) is 61.3 cm³/mol. The van der Waals surface area contributed by atoms with Gasteiger partial charge in [-0.05, 0) is 19.9 Å². The molecule has 2 N–H and O–H groups in total. The number of carbonyl (C=O) groups is 1. The molecule has 0 aromatic carbocycles. The molecule has 15 heavy (non-hydrogen) atoms. The van der Waals surface area contributed by atoms with E-state index >= 15 is 0 Å². The maximum Gasteiger partial charge on any atom is 0.227 e. The fraction of sp³-hybridized carbons (Fsp3) is 0.600. The molecule has 1 heterocycles. The van der Waals surface area contributed by atoms with Crippen LogP contribution in [-0.4, -0.2) is 24.5 Å². The molecule has 1 aromatic heterocycles. The molecule has 82 valence electrons. The molecule has 1 saturated carbocycles. The molecule has 0 bridgehead atoms. The Morgan fingerprint density at radius 2 is 2.47 bits per heavy atom. The van der Waals surface area contributed by atoms with Crippen LogP contribution in [0.4, 0.5) is 5.13 Å². The van der Waals surface area contributed by atoms with Gasteiger partial charge in [0.15, 0.2) is 5.13 Å². The molecule has 1 aromatic rings. The topological polar surface area (TPSA) is 54.0 Å². The Balaban J connectivity index is 1.84. The van der Waals surface area contributed by atoms with E-state index in [-0.39, 0.29) is 5.91 Å². The van der Waals surface area contributed by atoms with Gasteiger partial charge in [-0.3, -0.25) is 4.79 Å². The Morgan fingerprint density at radius 1 is 1.67 bits per heavy atom. The molecular formula is C10H15N3OS. The summed E-state index contributed by atoms with van der Waals surface area (Å²) in [6.07, 6.45) is 2.99. The molecule has 2 rings (SSSR count). The second-order valence-corrected chi connectivity index (χ2v) is 4.61. The average Bonchev–Trinajstić information content (AvgIpc) is 2.98. The van der Waals surface area contributed by atoms with Crippen LogP contribution in [0.25, 0.3) is 0 Å². The number of amides is 1. The molecule has 0 radical (unpaired) electrons. The largest absolute Gasteiger partial charge is 0.319 e. The maximum absolute atomic E-state index is 11.4. The van der Waals surface area contributed by atoms with Gasteiger partial charge in [-0.15, -0.1) is 11.3 Å². The highest BCUT2D eigenvalue weighted by molar-refractivity contribution is 7.13. The van der Waals surface area contributed by atoms with Crippen molar-refractivity contribution >= 4 is 22.4 Å². The van der Waals surface area contributed by atoms with E-state index in [0.29, 0.717) is 18.9 Å². The van der Waals surface area contributed by atoms with E-state index in [1.165, 1.54) is 24.2 Å². The van der Waals surface area contributed by atoms with Gasteiger partial charge in [-0.2, -0.15) is 0 Å². The van der Waals surface area contributed by atoms with Crippen molar-refractivity contribution in [1.29, 1.82) is 0 Å². The first-order chi connectivity index (χ1) is 7.29. The highest BCUT2D eigenvalue weighted by Gasteiger charge is 2.26. The lowest BCUT2D eigenvalue weighted by Crippen LogP contribution is -2.18. The van der Waals surface area contributed by atoms with Gasteiger partial charge in [-0.1, -0.05) is 0 Å². The maximum atomic E-state index is 11.4. The molecule has 0 unspecified atom stereocenters. The highest BCUT2D eigenvalue weighted by atomic mass is 32.1. The predicted octanol–water partition coefficient (Wildman–Crippen LogP) is 1.57. The number of anilines is 1. The van der Waals surface area contributed by atoms with Crippen LogP contribution in [0.3, 0.4) is 0 Å². The van der Waals surface area contributed by atoms with Crippen LogP contribution < -0.4 is 10.6 Å². The molecule has 0 atom stereocenters. The number of nitrogens with one attached hydrogen (secondary N) is 2. The molecule has 0 spiro atoms. The second-order valence-electron chi connectivity index (χ2n) is 3.75.